The number of pyridine rings is 2. The number of benzene rings is 1. The normalized spacial score (nSPS) is 10.4. The molecule has 0 fully saturated rings. The Bertz CT molecular complexity index is 902. The largest absolute Gasteiger partial charge is 0.439 e. The van der Waals surface area contributed by atoms with Gasteiger partial charge >= 0.3 is 0 Å². The van der Waals surface area contributed by atoms with E-state index in [-0.39, 0.29) is 5.91 Å². The van der Waals surface area contributed by atoms with Crippen LogP contribution in [-0.2, 0) is 0 Å². The van der Waals surface area contributed by atoms with Gasteiger partial charge in [0.2, 0.25) is 5.88 Å². The van der Waals surface area contributed by atoms with Crippen LogP contribution in [0.4, 0.5) is 5.69 Å². The number of rotatable bonds is 5. The van der Waals surface area contributed by atoms with Gasteiger partial charge in [-0.1, -0.05) is 23.2 Å². The molecule has 1 aromatic carbocycles. The maximum atomic E-state index is 12.7. The monoisotopic (exact) mass is 387 g/mol. The van der Waals surface area contributed by atoms with Crippen LogP contribution in [0.1, 0.15) is 17.3 Å². The van der Waals surface area contributed by atoms with E-state index in [1.807, 2.05) is 13.0 Å². The van der Waals surface area contributed by atoms with Gasteiger partial charge in [-0.3, -0.25) is 9.78 Å². The molecule has 2 aromatic heterocycles. The number of aromatic nitrogens is 2. The molecular weight excluding hydrogens is 373 g/mol. The molecule has 0 unspecified atom stereocenters. The van der Waals surface area contributed by atoms with Crippen LogP contribution in [0, 0.1) is 0 Å². The highest BCUT2D eigenvalue weighted by Gasteiger charge is 2.16. The summed E-state index contributed by atoms with van der Waals surface area (Å²) in [5, 5.41) is 0.842. The number of ether oxygens (including phenoxy) is 1. The van der Waals surface area contributed by atoms with E-state index in [1.54, 1.807) is 53.7 Å². The molecule has 2 heterocycles. The van der Waals surface area contributed by atoms with Crippen molar-refractivity contribution in [3.05, 3.63) is 76.7 Å². The third-order valence-electron chi connectivity index (χ3n) is 3.62. The van der Waals surface area contributed by atoms with Gasteiger partial charge in [-0.15, -0.1) is 0 Å². The van der Waals surface area contributed by atoms with Crippen LogP contribution in [0.25, 0.3) is 0 Å². The van der Waals surface area contributed by atoms with E-state index in [0.29, 0.717) is 33.8 Å². The van der Waals surface area contributed by atoms with Crippen LogP contribution in [-0.4, -0.2) is 22.4 Å². The zero-order valence-corrected chi connectivity index (χ0v) is 15.4. The zero-order valence-electron chi connectivity index (χ0n) is 13.9. The molecule has 3 rings (SSSR count). The minimum absolute atomic E-state index is 0.158. The summed E-state index contributed by atoms with van der Waals surface area (Å²) in [7, 11) is 0. The first-order chi connectivity index (χ1) is 12.6. The van der Waals surface area contributed by atoms with Crippen molar-refractivity contribution in [1.29, 1.82) is 0 Å². The van der Waals surface area contributed by atoms with Crippen LogP contribution in [0.3, 0.4) is 0 Å². The highest BCUT2D eigenvalue weighted by molar-refractivity contribution is 6.42. The minimum Gasteiger partial charge on any atom is -0.439 e. The van der Waals surface area contributed by atoms with Gasteiger partial charge in [0, 0.05) is 31.1 Å². The lowest BCUT2D eigenvalue weighted by Gasteiger charge is -2.20. The van der Waals surface area contributed by atoms with E-state index >= 15 is 0 Å². The third-order valence-corrected chi connectivity index (χ3v) is 4.35. The van der Waals surface area contributed by atoms with Gasteiger partial charge in [0.1, 0.15) is 5.75 Å². The first kappa shape index (κ1) is 18.2. The summed E-state index contributed by atoms with van der Waals surface area (Å²) in [4.78, 5) is 22.6. The first-order valence-electron chi connectivity index (χ1n) is 7.89. The van der Waals surface area contributed by atoms with E-state index in [1.165, 1.54) is 6.20 Å². The highest BCUT2D eigenvalue weighted by atomic mass is 35.5. The summed E-state index contributed by atoms with van der Waals surface area (Å²) in [6.07, 6.45) is 4.79. The predicted octanol–water partition coefficient (Wildman–Crippen LogP) is 5.24. The second kappa shape index (κ2) is 8.17. The average Bonchev–Trinajstić information content (AvgIpc) is 2.67. The Labute approximate surface area is 161 Å². The Morgan fingerprint density at radius 3 is 2.58 bits per heavy atom. The summed E-state index contributed by atoms with van der Waals surface area (Å²) in [6.45, 7) is 2.42. The highest BCUT2D eigenvalue weighted by Crippen LogP contribution is 2.28. The van der Waals surface area contributed by atoms with Crippen molar-refractivity contribution in [2.45, 2.75) is 6.92 Å². The molecule has 0 N–H and O–H groups in total. The van der Waals surface area contributed by atoms with Crippen molar-refractivity contribution in [2.75, 3.05) is 11.4 Å². The van der Waals surface area contributed by atoms with Gasteiger partial charge in [-0.05, 0) is 37.3 Å². The Morgan fingerprint density at radius 2 is 1.96 bits per heavy atom. The Morgan fingerprint density at radius 1 is 1.12 bits per heavy atom. The summed E-state index contributed by atoms with van der Waals surface area (Å²) >= 11 is 11.9. The fourth-order valence-electron chi connectivity index (χ4n) is 2.34. The molecule has 0 atom stereocenters. The number of nitrogens with zero attached hydrogens (tertiary/aromatic N) is 3. The second-order valence-electron chi connectivity index (χ2n) is 5.32. The Hall–Kier alpha value is -2.63. The molecule has 0 radical (unpaired) electrons. The number of hydrogen-bond donors (Lipinski definition) is 0. The second-order valence-corrected chi connectivity index (χ2v) is 6.14. The van der Waals surface area contributed by atoms with Crippen LogP contribution in [0.15, 0.2) is 61.1 Å². The number of hydrogen-bond acceptors (Lipinski definition) is 4. The lowest BCUT2D eigenvalue weighted by Crippen LogP contribution is -2.30. The molecule has 26 heavy (non-hydrogen) atoms. The maximum Gasteiger partial charge on any atom is 0.259 e. The Kier molecular flexibility index (Phi) is 5.71. The Balaban J connectivity index is 1.76. The minimum atomic E-state index is -0.158. The fraction of sp³-hybridized carbons (Fsp3) is 0.105. The van der Waals surface area contributed by atoms with Gasteiger partial charge < -0.3 is 9.64 Å². The van der Waals surface area contributed by atoms with Gasteiger partial charge in [0.25, 0.3) is 5.91 Å². The number of amides is 1. The van der Waals surface area contributed by atoms with Crippen molar-refractivity contribution in [3.63, 3.8) is 0 Å². The van der Waals surface area contributed by atoms with E-state index in [4.69, 9.17) is 27.9 Å². The van der Waals surface area contributed by atoms with Crippen molar-refractivity contribution in [3.8, 4) is 11.6 Å². The van der Waals surface area contributed by atoms with Gasteiger partial charge in [-0.2, -0.15) is 0 Å². The van der Waals surface area contributed by atoms with E-state index in [2.05, 4.69) is 9.97 Å². The fourth-order valence-corrected chi connectivity index (χ4v) is 2.63. The van der Waals surface area contributed by atoms with Crippen molar-refractivity contribution in [1.82, 2.24) is 9.97 Å². The molecule has 132 valence electrons. The molecule has 7 heteroatoms. The SMILES string of the molecule is CCN(C(=O)c1ccc(Oc2ccc(Cl)c(Cl)c2)nc1)c1cccnc1. The van der Waals surface area contributed by atoms with Gasteiger partial charge in [0.05, 0.1) is 27.5 Å². The smallest absolute Gasteiger partial charge is 0.259 e. The van der Waals surface area contributed by atoms with Gasteiger partial charge in [-0.25, -0.2) is 4.98 Å². The number of anilines is 1. The van der Waals surface area contributed by atoms with Crippen LogP contribution >= 0.6 is 23.2 Å². The quantitative estimate of drug-likeness (QED) is 0.600. The average molecular weight is 388 g/mol. The summed E-state index contributed by atoms with van der Waals surface area (Å²) in [6, 6.07) is 11.9. The van der Waals surface area contributed by atoms with Crippen LogP contribution < -0.4 is 9.64 Å². The lowest BCUT2D eigenvalue weighted by atomic mass is 10.2. The molecule has 0 aliphatic carbocycles. The molecule has 1 amide bonds. The molecule has 0 saturated carbocycles. The molecule has 0 bridgehead atoms. The van der Waals surface area contributed by atoms with Crippen molar-refractivity contribution in [2.24, 2.45) is 0 Å². The summed E-state index contributed by atoms with van der Waals surface area (Å²) < 4.78 is 5.63. The van der Waals surface area contributed by atoms with E-state index in [0.717, 1.165) is 5.69 Å². The number of carbonyl (C=O) groups is 1. The topological polar surface area (TPSA) is 55.3 Å². The van der Waals surface area contributed by atoms with Gasteiger partial charge in [0.15, 0.2) is 0 Å². The van der Waals surface area contributed by atoms with Crippen molar-refractivity contribution < 1.29 is 9.53 Å². The van der Waals surface area contributed by atoms with E-state index < -0.39 is 0 Å². The zero-order chi connectivity index (χ0) is 18.5. The standard InChI is InChI=1S/C19H15Cl2N3O2/c1-2-24(14-4-3-9-22-12-14)19(25)13-5-8-18(23-11-13)26-15-6-7-16(20)17(21)10-15/h3-12H,2H2,1H3. The maximum absolute atomic E-state index is 12.7. The summed E-state index contributed by atoms with van der Waals surface area (Å²) in [5.74, 6) is 0.704. The molecule has 0 saturated heterocycles. The molecule has 3 aromatic rings. The lowest BCUT2D eigenvalue weighted by molar-refractivity contribution is 0.0988. The third kappa shape index (κ3) is 4.12. The number of carbonyl (C=O) groups excluding carboxylic acids is 1. The number of halogens is 2. The van der Waals surface area contributed by atoms with Crippen LogP contribution in [0.2, 0.25) is 10.0 Å². The first-order valence-corrected chi connectivity index (χ1v) is 8.65. The molecule has 0 aliphatic rings. The van der Waals surface area contributed by atoms with Crippen LogP contribution in [0.5, 0.6) is 11.6 Å². The molecule has 0 aliphatic heterocycles. The van der Waals surface area contributed by atoms with Crippen molar-refractivity contribution >= 4 is 34.8 Å². The molecule has 5 nitrogen and oxygen atoms in total. The molecular formula is C19H15Cl2N3O2. The predicted molar refractivity (Wildman–Crippen MR) is 102 cm³/mol. The van der Waals surface area contributed by atoms with E-state index in [9.17, 15) is 4.79 Å². The molecule has 0 spiro atoms. The summed E-state index contributed by atoms with van der Waals surface area (Å²) in [5.41, 5.74) is 1.19.